The van der Waals surface area contributed by atoms with Gasteiger partial charge in [0.15, 0.2) is 0 Å². The van der Waals surface area contributed by atoms with Crippen molar-refractivity contribution in [2.24, 2.45) is 5.16 Å². The van der Waals surface area contributed by atoms with Crippen LogP contribution in [-0.4, -0.2) is 42.1 Å². The summed E-state index contributed by atoms with van der Waals surface area (Å²) in [7, 11) is 0. The maximum atomic E-state index is 14.0. The summed E-state index contributed by atoms with van der Waals surface area (Å²) in [5.74, 6) is -0.843. The summed E-state index contributed by atoms with van der Waals surface area (Å²) < 4.78 is 33.0. The number of hydrogen-bond acceptors (Lipinski definition) is 4. The van der Waals surface area contributed by atoms with Crippen molar-refractivity contribution in [3.63, 3.8) is 0 Å². The number of piperidine rings is 1. The Labute approximate surface area is 158 Å². The Bertz CT molecular complexity index is 790. The normalized spacial score (nSPS) is 15.7. The second-order valence-corrected chi connectivity index (χ2v) is 6.70. The van der Waals surface area contributed by atoms with Gasteiger partial charge in [-0.2, -0.15) is 0 Å². The zero-order valence-electron chi connectivity index (χ0n) is 15.2. The number of benzene rings is 2. The maximum Gasteiger partial charge on any atom is 0.135 e. The van der Waals surface area contributed by atoms with E-state index in [1.54, 1.807) is 24.3 Å². The Balaban J connectivity index is 1.62. The highest BCUT2D eigenvalue weighted by Gasteiger charge is 2.14. The summed E-state index contributed by atoms with van der Waals surface area (Å²) in [5, 5.41) is 12.6. The van der Waals surface area contributed by atoms with Gasteiger partial charge in [-0.05, 0) is 56.6 Å². The van der Waals surface area contributed by atoms with E-state index < -0.39 is 11.6 Å². The van der Waals surface area contributed by atoms with E-state index in [9.17, 15) is 14.0 Å². The van der Waals surface area contributed by atoms with E-state index in [4.69, 9.17) is 4.74 Å². The second-order valence-electron chi connectivity index (χ2n) is 6.70. The topological polar surface area (TPSA) is 45.1 Å². The van der Waals surface area contributed by atoms with Crippen molar-refractivity contribution in [2.45, 2.75) is 25.7 Å². The van der Waals surface area contributed by atoms with E-state index in [2.05, 4.69) is 10.1 Å². The van der Waals surface area contributed by atoms with E-state index in [0.29, 0.717) is 17.9 Å². The van der Waals surface area contributed by atoms with Gasteiger partial charge in [0.25, 0.3) is 0 Å². The summed E-state index contributed by atoms with van der Waals surface area (Å²) >= 11 is 0. The van der Waals surface area contributed by atoms with Crippen LogP contribution in [0.25, 0.3) is 0 Å². The smallest absolute Gasteiger partial charge is 0.135 e. The summed E-state index contributed by atoms with van der Waals surface area (Å²) in [4.78, 5) is 2.46. The number of halogens is 2. The number of hydrogen-bond donors (Lipinski definition) is 1. The lowest BCUT2D eigenvalue weighted by Crippen LogP contribution is -2.31. The molecule has 3 rings (SSSR count). The largest absolute Gasteiger partial charge is 0.494 e. The molecule has 0 radical (unpaired) electrons. The molecule has 2 aromatic rings. The standard InChI is InChI=1S/C21H24F2N2O2/c22-17-8-9-19(20(23)15-17)21(24-26)16-6-4-7-18(14-16)27-13-5-12-25-10-2-1-3-11-25/h4,6-9,14-15,26H,1-3,5,10-13H2/b24-21+. The molecule has 4 nitrogen and oxygen atoms in total. The lowest BCUT2D eigenvalue weighted by molar-refractivity contribution is 0.205. The second kappa shape index (κ2) is 9.46. The van der Waals surface area contributed by atoms with Crippen molar-refractivity contribution >= 4 is 5.71 Å². The third kappa shape index (κ3) is 5.26. The average Bonchev–Trinajstić information content (AvgIpc) is 2.69. The summed E-state index contributed by atoms with van der Waals surface area (Å²) in [6.45, 7) is 3.92. The quantitative estimate of drug-likeness (QED) is 0.337. The molecule has 1 fully saturated rings. The Kier molecular flexibility index (Phi) is 6.76. The minimum atomic E-state index is -0.782. The number of nitrogens with zero attached hydrogens (tertiary/aromatic N) is 2. The van der Waals surface area contributed by atoms with E-state index >= 15 is 0 Å². The van der Waals surface area contributed by atoms with E-state index in [-0.39, 0.29) is 11.3 Å². The first-order chi connectivity index (χ1) is 13.2. The van der Waals surface area contributed by atoms with Crippen molar-refractivity contribution in [1.29, 1.82) is 0 Å². The Morgan fingerprint density at radius 1 is 1.07 bits per heavy atom. The zero-order chi connectivity index (χ0) is 19.1. The first kappa shape index (κ1) is 19.3. The van der Waals surface area contributed by atoms with Gasteiger partial charge in [0, 0.05) is 23.7 Å². The van der Waals surface area contributed by atoms with Gasteiger partial charge in [0.1, 0.15) is 23.1 Å². The van der Waals surface area contributed by atoms with Crippen LogP contribution in [0.15, 0.2) is 47.6 Å². The summed E-state index contributed by atoms with van der Waals surface area (Å²) in [5.41, 5.74) is 0.559. The summed E-state index contributed by atoms with van der Waals surface area (Å²) in [6, 6.07) is 10.1. The number of likely N-dealkylation sites (tertiary alicyclic amines) is 1. The molecule has 0 aromatic heterocycles. The first-order valence-electron chi connectivity index (χ1n) is 9.30. The molecule has 27 heavy (non-hydrogen) atoms. The summed E-state index contributed by atoms with van der Waals surface area (Å²) in [6.07, 6.45) is 4.79. The molecular formula is C21H24F2N2O2. The van der Waals surface area contributed by atoms with Gasteiger partial charge >= 0.3 is 0 Å². The Hall–Kier alpha value is -2.47. The number of rotatable bonds is 7. The third-order valence-electron chi connectivity index (χ3n) is 4.73. The molecule has 1 N–H and O–H groups in total. The van der Waals surface area contributed by atoms with Crippen molar-refractivity contribution in [1.82, 2.24) is 4.90 Å². The molecule has 1 aliphatic rings. The van der Waals surface area contributed by atoms with Gasteiger partial charge in [-0.25, -0.2) is 8.78 Å². The molecule has 0 saturated carbocycles. The van der Waals surface area contributed by atoms with Crippen LogP contribution in [0.3, 0.4) is 0 Å². The molecule has 0 amide bonds. The molecule has 1 aliphatic heterocycles. The molecule has 0 bridgehead atoms. The number of ether oxygens (including phenoxy) is 1. The van der Waals surface area contributed by atoms with Gasteiger partial charge in [-0.15, -0.1) is 0 Å². The molecule has 1 saturated heterocycles. The molecule has 0 unspecified atom stereocenters. The molecule has 0 atom stereocenters. The highest BCUT2D eigenvalue weighted by atomic mass is 19.1. The highest BCUT2D eigenvalue weighted by molar-refractivity contribution is 6.12. The predicted octanol–water partition coefficient (Wildman–Crippen LogP) is 4.45. The molecule has 0 spiro atoms. The van der Waals surface area contributed by atoms with Crippen molar-refractivity contribution in [2.75, 3.05) is 26.2 Å². The van der Waals surface area contributed by atoms with Crippen molar-refractivity contribution in [3.8, 4) is 5.75 Å². The zero-order valence-corrected chi connectivity index (χ0v) is 15.2. The van der Waals surface area contributed by atoms with Crippen LogP contribution in [0, 0.1) is 11.6 Å². The van der Waals surface area contributed by atoms with Gasteiger partial charge < -0.3 is 14.8 Å². The fourth-order valence-electron chi connectivity index (χ4n) is 3.34. The molecular weight excluding hydrogens is 350 g/mol. The van der Waals surface area contributed by atoms with Crippen LogP contribution in [0.1, 0.15) is 36.8 Å². The third-order valence-corrected chi connectivity index (χ3v) is 4.73. The lowest BCUT2D eigenvalue weighted by atomic mass is 10.0. The van der Waals surface area contributed by atoms with Crippen molar-refractivity contribution < 1.29 is 18.7 Å². The minimum absolute atomic E-state index is 0.0288. The lowest BCUT2D eigenvalue weighted by Gasteiger charge is -2.26. The van der Waals surface area contributed by atoms with Crippen LogP contribution >= 0.6 is 0 Å². The molecule has 2 aromatic carbocycles. The Morgan fingerprint density at radius 2 is 1.89 bits per heavy atom. The van der Waals surface area contributed by atoms with Gasteiger partial charge in [0.05, 0.1) is 6.61 Å². The minimum Gasteiger partial charge on any atom is -0.494 e. The first-order valence-corrected chi connectivity index (χ1v) is 9.30. The average molecular weight is 374 g/mol. The van der Waals surface area contributed by atoms with Crippen LogP contribution < -0.4 is 4.74 Å². The molecule has 144 valence electrons. The van der Waals surface area contributed by atoms with Crippen LogP contribution in [0.4, 0.5) is 8.78 Å². The van der Waals surface area contributed by atoms with E-state index in [1.165, 1.54) is 25.3 Å². The SMILES string of the molecule is O/N=C(\c1cccc(OCCCN2CCCCC2)c1)c1ccc(F)cc1F. The Morgan fingerprint density at radius 3 is 2.63 bits per heavy atom. The van der Waals surface area contributed by atoms with Gasteiger partial charge in [0.2, 0.25) is 0 Å². The van der Waals surface area contributed by atoms with E-state index in [1.807, 2.05) is 0 Å². The monoisotopic (exact) mass is 374 g/mol. The maximum absolute atomic E-state index is 14.0. The molecule has 0 aliphatic carbocycles. The van der Waals surface area contributed by atoms with Crippen LogP contribution in [0.5, 0.6) is 5.75 Å². The van der Waals surface area contributed by atoms with Crippen LogP contribution in [0.2, 0.25) is 0 Å². The molecule has 1 heterocycles. The van der Waals surface area contributed by atoms with Crippen molar-refractivity contribution in [3.05, 3.63) is 65.2 Å². The predicted molar refractivity (Wildman–Crippen MR) is 101 cm³/mol. The van der Waals surface area contributed by atoms with E-state index in [0.717, 1.165) is 38.2 Å². The van der Waals surface area contributed by atoms with Gasteiger partial charge in [-0.3, -0.25) is 0 Å². The number of oxime groups is 1. The fourth-order valence-corrected chi connectivity index (χ4v) is 3.34. The highest BCUT2D eigenvalue weighted by Crippen LogP contribution is 2.20. The van der Waals surface area contributed by atoms with Crippen LogP contribution in [-0.2, 0) is 0 Å². The fraction of sp³-hybridized carbons (Fsp3) is 0.381. The molecule has 6 heteroatoms. The van der Waals surface area contributed by atoms with Gasteiger partial charge in [-0.1, -0.05) is 23.7 Å².